The maximum Gasteiger partial charge on any atom is 0.226 e. The van der Waals surface area contributed by atoms with Crippen LogP contribution in [0.25, 0.3) is 0 Å². The summed E-state index contributed by atoms with van der Waals surface area (Å²) in [6, 6.07) is 15.4. The summed E-state index contributed by atoms with van der Waals surface area (Å²) in [5, 5.41) is 1.46. The van der Waals surface area contributed by atoms with E-state index in [-0.39, 0.29) is 17.7 Å². The molecule has 2 atom stereocenters. The van der Waals surface area contributed by atoms with E-state index >= 15 is 0 Å². The molecule has 0 saturated heterocycles. The van der Waals surface area contributed by atoms with E-state index in [1.807, 2.05) is 55.6 Å². The van der Waals surface area contributed by atoms with E-state index in [2.05, 4.69) is 0 Å². The fourth-order valence-corrected chi connectivity index (χ4v) is 3.21. The molecule has 2 nitrogen and oxygen atoms in total. The minimum Gasteiger partial charge on any atom is -0.341 e. The lowest BCUT2D eigenvalue weighted by molar-refractivity contribution is -0.131. The predicted octanol–water partition coefficient (Wildman–Crippen LogP) is 4.76. The molecular formula is C18H17Cl2NO. The van der Waals surface area contributed by atoms with E-state index in [0.717, 1.165) is 22.6 Å². The molecule has 1 fully saturated rings. The third kappa shape index (κ3) is 3.29. The first kappa shape index (κ1) is 15.4. The van der Waals surface area contributed by atoms with Gasteiger partial charge in [0.2, 0.25) is 5.91 Å². The molecule has 2 unspecified atom stereocenters. The second-order valence-corrected chi connectivity index (χ2v) is 6.63. The van der Waals surface area contributed by atoms with Crippen molar-refractivity contribution in [2.75, 3.05) is 7.05 Å². The van der Waals surface area contributed by atoms with Crippen LogP contribution in [-0.4, -0.2) is 17.9 Å². The number of nitrogens with zero attached hydrogens (tertiary/aromatic N) is 1. The van der Waals surface area contributed by atoms with Crippen LogP contribution in [0.4, 0.5) is 0 Å². The molecule has 1 aliphatic carbocycles. The molecule has 2 aromatic carbocycles. The molecule has 1 saturated carbocycles. The molecule has 0 bridgehead atoms. The van der Waals surface area contributed by atoms with Crippen molar-refractivity contribution in [2.45, 2.75) is 18.9 Å². The number of halogens is 2. The highest BCUT2D eigenvalue weighted by Gasteiger charge is 2.45. The van der Waals surface area contributed by atoms with Gasteiger partial charge in [-0.05, 0) is 41.7 Å². The Morgan fingerprint density at radius 1 is 1.14 bits per heavy atom. The van der Waals surface area contributed by atoms with E-state index in [4.69, 9.17) is 23.2 Å². The van der Waals surface area contributed by atoms with Crippen LogP contribution in [-0.2, 0) is 11.3 Å². The van der Waals surface area contributed by atoms with Crippen LogP contribution in [0.2, 0.25) is 10.0 Å². The number of hydrogen-bond donors (Lipinski definition) is 0. The van der Waals surface area contributed by atoms with Gasteiger partial charge < -0.3 is 4.90 Å². The molecular weight excluding hydrogens is 317 g/mol. The lowest BCUT2D eigenvalue weighted by Gasteiger charge is -2.17. The van der Waals surface area contributed by atoms with Crippen LogP contribution >= 0.6 is 23.2 Å². The van der Waals surface area contributed by atoms with Crippen LogP contribution in [0.15, 0.2) is 48.5 Å². The summed E-state index contributed by atoms with van der Waals surface area (Å²) in [5.41, 5.74) is 2.16. The van der Waals surface area contributed by atoms with Gasteiger partial charge in [-0.1, -0.05) is 53.5 Å². The molecule has 2 aromatic rings. The molecule has 3 rings (SSSR count). The molecule has 0 aliphatic heterocycles. The van der Waals surface area contributed by atoms with Gasteiger partial charge in [-0.3, -0.25) is 4.79 Å². The number of carbonyl (C=O) groups is 1. The topological polar surface area (TPSA) is 20.3 Å². The quantitative estimate of drug-likeness (QED) is 0.790. The highest BCUT2D eigenvalue weighted by molar-refractivity contribution is 6.31. The number of rotatable bonds is 4. The Morgan fingerprint density at radius 2 is 1.82 bits per heavy atom. The SMILES string of the molecule is CN(Cc1ccc(Cl)cc1)C(=O)C1CC1c1ccccc1Cl. The number of hydrogen-bond acceptors (Lipinski definition) is 1. The fraction of sp³-hybridized carbons (Fsp3) is 0.278. The Balaban J connectivity index is 1.63. The van der Waals surface area contributed by atoms with Gasteiger partial charge >= 0.3 is 0 Å². The van der Waals surface area contributed by atoms with E-state index in [9.17, 15) is 4.79 Å². The fourth-order valence-electron chi connectivity index (χ4n) is 2.81. The minimum absolute atomic E-state index is 0.0530. The zero-order valence-corrected chi connectivity index (χ0v) is 13.8. The van der Waals surface area contributed by atoms with E-state index in [0.29, 0.717) is 11.6 Å². The summed E-state index contributed by atoms with van der Waals surface area (Å²) in [6.07, 6.45) is 0.882. The Morgan fingerprint density at radius 3 is 2.50 bits per heavy atom. The van der Waals surface area contributed by atoms with Gasteiger partial charge in [0.25, 0.3) is 0 Å². The van der Waals surface area contributed by atoms with E-state index in [1.165, 1.54) is 0 Å². The van der Waals surface area contributed by atoms with E-state index in [1.54, 1.807) is 4.90 Å². The van der Waals surface area contributed by atoms with Gasteiger partial charge in [-0.15, -0.1) is 0 Å². The molecule has 0 radical (unpaired) electrons. The normalized spacial score (nSPS) is 19.8. The van der Waals surface area contributed by atoms with Crippen molar-refractivity contribution in [1.29, 1.82) is 0 Å². The van der Waals surface area contributed by atoms with Crippen molar-refractivity contribution < 1.29 is 4.79 Å². The Labute approximate surface area is 140 Å². The largest absolute Gasteiger partial charge is 0.341 e. The van der Waals surface area contributed by atoms with Gasteiger partial charge in [0, 0.05) is 29.6 Å². The predicted molar refractivity (Wildman–Crippen MR) is 90.2 cm³/mol. The zero-order valence-electron chi connectivity index (χ0n) is 12.3. The summed E-state index contributed by atoms with van der Waals surface area (Å²) in [4.78, 5) is 14.3. The van der Waals surface area contributed by atoms with Crippen LogP contribution in [0.5, 0.6) is 0 Å². The highest BCUT2D eigenvalue weighted by atomic mass is 35.5. The van der Waals surface area contributed by atoms with Crippen molar-refractivity contribution in [1.82, 2.24) is 4.90 Å². The first-order valence-corrected chi connectivity index (χ1v) is 8.05. The standard InChI is InChI=1S/C18H17Cl2NO/c1-21(11-12-6-8-13(19)9-7-12)18(22)16-10-15(16)14-4-2-3-5-17(14)20/h2-9,15-16H,10-11H2,1H3. The van der Waals surface area contributed by atoms with Crippen LogP contribution in [0, 0.1) is 5.92 Å². The first-order valence-electron chi connectivity index (χ1n) is 7.30. The molecule has 114 valence electrons. The van der Waals surface area contributed by atoms with Gasteiger partial charge in [-0.2, -0.15) is 0 Å². The molecule has 0 heterocycles. The van der Waals surface area contributed by atoms with Gasteiger partial charge in [0.05, 0.1) is 0 Å². The average molecular weight is 334 g/mol. The molecule has 0 spiro atoms. The zero-order chi connectivity index (χ0) is 15.7. The summed E-state index contributed by atoms with van der Waals surface area (Å²) in [7, 11) is 1.85. The molecule has 0 N–H and O–H groups in total. The highest BCUT2D eigenvalue weighted by Crippen LogP contribution is 2.50. The molecule has 0 aromatic heterocycles. The maximum atomic E-state index is 12.5. The van der Waals surface area contributed by atoms with Crippen LogP contribution in [0.1, 0.15) is 23.5 Å². The first-order chi connectivity index (χ1) is 10.6. The number of benzene rings is 2. The van der Waals surface area contributed by atoms with Gasteiger partial charge in [0.1, 0.15) is 0 Å². The second kappa shape index (κ2) is 6.31. The van der Waals surface area contributed by atoms with Crippen molar-refractivity contribution in [3.63, 3.8) is 0 Å². The van der Waals surface area contributed by atoms with Gasteiger partial charge in [-0.25, -0.2) is 0 Å². The summed E-state index contributed by atoms with van der Waals surface area (Å²) in [5.74, 6) is 0.492. The van der Waals surface area contributed by atoms with Crippen molar-refractivity contribution in [3.8, 4) is 0 Å². The average Bonchev–Trinajstić information content (AvgIpc) is 3.29. The van der Waals surface area contributed by atoms with Crippen molar-refractivity contribution in [2.24, 2.45) is 5.92 Å². The maximum absolute atomic E-state index is 12.5. The monoisotopic (exact) mass is 333 g/mol. The Bertz CT molecular complexity index is 684. The van der Waals surface area contributed by atoms with Crippen molar-refractivity contribution >= 4 is 29.1 Å². The Kier molecular flexibility index (Phi) is 4.42. The molecule has 22 heavy (non-hydrogen) atoms. The number of amides is 1. The summed E-state index contributed by atoms with van der Waals surface area (Å²) in [6.45, 7) is 0.599. The summed E-state index contributed by atoms with van der Waals surface area (Å²) >= 11 is 12.1. The minimum atomic E-state index is 0.0530. The molecule has 1 aliphatic rings. The Hall–Kier alpha value is -1.51. The van der Waals surface area contributed by atoms with Crippen LogP contribution in [0.3, 0.4) is 0 Å². The van der Waals surface area contributed by atoms with E-state index < -0.39 is 0 Å². The van der Waals surface area contributed by atoms with Crippen molar-refractivity contribution in [3.05, 3.63) is 69.7 Å². The molecule has 1 amide bonds. The second-order valence-electron chi connectivity index (χ2n) is 5.79. The molecule has 4 heteroatoms. The lowest BCUT2D eigenvalue weighted by Crippen LogP contribution is -2.28. The lowest BCUT2D eigenvalue weighted by atomic mass is 10.1. The third-order valence-corrected chi connectivity index (χ3v) is 4.72. The third-order valence-electron chi connectivity index (χ3n) is 4.12. The smallest absolute Gasteiger partial charge is 0.226 e. The van der Waals surface area contributed by atoms with Crippen LogP contribution < -0.4 is 0 Å². The summed E-state index contributed by atoms with van der Waals surface area (Å²) < 4.78 is 0. The number of carbonyl (C=O) groups excluding carboxylic acids is 1. The van der Waals surface area contributed by atoms with Gasteiger partial charge in [0.15, 0.2) is 0 Å².